The van der Waals surface area contributed by atoms with Crippen LogP contribution in [-0.2, 0) is 4.74 Å². The summed E-state index contributed by atoms with van der Waals surface area (Å²) in [6, 6.07) is 6.58. The maximum atomic E-state index is 6.34. The fourth-order valence-corrected chi connectivity index (χ4v) is 4.02. The van der Waals surface area contributed by atoms with Gasteiger partial charge in [-0.1, -0.05) is 43.5 Å². The minimum absolute atomic E-state index is 0.111. The van der Waals surface area contributed by atoms with Crippen molar-refractivity contribution in [3.8, 4) is 0 Å². The number of likely N-dealkylation sites (N-methyl/N-ethyl adjacent to an activating group) is 1. The fraction of sp³-hybridized carbons (Fsp3) is 0.667. The summed E-state index contributed by atoms with van der Waals surface area (Å²) in [5, 5.41) is 4.33. The molecule has 0 bridgehead atoms. The lowest BCUT2D eigenvalue weighted by Gasteiger charge is -2.45. The first-order chi connectivity index (χ1) is 10.0. The SMILES string of the molecule is CCOC1(C(NC)c2ccc(C)c(Cl)c2)CCCC(C)C1. The van der Waals surface area contributed by atoms with Gasteiger partial charge in [-0.2, -0.15) is 0 Å². The second-order valence-corrected chi connectivity index (χ2v) is 6.84. The molecule has 2 nitrogen and oxygen atoms in total. The number of hydrogen-bond acceptors (Lipinski definition) is 2. The molecular weight excluding hydrogens is 282 g/mol. The third kappa shape index (κ3) is 3.61. The standard InChI is InChI=1S/C18H28ClNO/c1-5-21-18(10-6-7-13(2)12-18)17(20-4)15-9-8-14(3)16(19)11-15/h8-9,11,13,17,20H,5-7,10,12H2,1-4H3. The first-order valence-corrected chi connectivity index (χ1v) is 8.47. The molecule has 0 aromatic heterocycles. The third-order valence-electron chi connectivity index (χ3n) is 4.77. The van der Waals surface area contributed by atoms with Gasteiger partial charge in [-0.3, -0.25) is 0 Å². The Kier molecular flexibility index (Phi) is 5.70. The summed E-state index contributed by atoms with van der Waals surface area (Å²) in [7, 11) is 2.03. The molecule has 1 saturated carbocycles. The van der Waals surface area contributed by atoms with Crippen molar-refractivity contribution >= 4 is 11.6 Å². The van der Waals surface area contributed by atoms with Crippen molar-refractivity contribution in [1.82, 2.24) is 5.32 Å². The lowest BCUT2D eigenvalue weighted by atomic mass is 9.72. The summed E-state index contributed by atoms with van der Waals surface area (Å²) >= 11 is 6.34. The summed E-state index contributed by atoms with van der Waals surface area (Å²) in [5.41, 5.74) is 2.24. The molecule has 3 heteroatoms. The van der Waals surface area contributed by atoms with Gasteiger partial charge in [0.05, 0.1) is 11.6 Å². The average Bonchev–Trinajstić information content (AvgIpc) is 2.44. The Hall–Kier alpha value is -0.570. The predicted molar refractivity (Wildman–Crippen MR) is 90.0 cm³/mol. The molecule has 0 spiro atoms. The maximum Gasteiger partial charge on any atom is 0.0878 e. The molecule has 21 heavy (non-hydrogen) atoms. The molecule has 3 unspecified atom stereocenters. The lowest BCUT2D eigenvalue weighted by Crippen LogP contribution is -2.48. The van der Waals surface area contributed by atoms with E-state index in [4.69, 9.17) is 16.3 Å². The van der Waals surface area contributed by atoms with E-state index in [2.05, 4.69) is 37.4 Å². The number of ether oxygens (including phenoxy) is 1. The van der Waals surface area contributed by atoms with E-state index in [0.29, 0.717) is 5.92 Å². The Morgan fingerprint density at radius 3 is 2.81 bits per heavy atom. The average molecular weight is 310 g/mol. The molecule has 2 rings (SSSR count). The van der Waals surface area contributed by atoms with Crippen molar-refractivity contribution < 1.29 is 4.74 Å². The number of rotatable bonds is 5. The number of aryl methyl sites for hydroxylation is 1. The molecule has 1 fully saturated rings. The zero-order valence-electron chi connectivity index (χ0n) is 13.7. The van der Waals surface area contributed by atoms with E-state index in [-0.39, 0.29) is 11.6 Å². The van der Waals surface area contributed by atoms with Crippen LogP contribution in [0.2, 0.25) is 5.02 Å². The van der Waals surface area contributed by atoms with E-state index in [0.717, 1.165) is 30.0 Å². The Bertz CT molecular complexity index is 472. The van der Waals surface area contributed by atoms with E-state index >= 15 is 0 Å². The van der Waals surface area contributed by atoms with Crippen molar-refractivity contribution in [1.29, 1.82) is 0 Å². The van der Waals surface area contributed by atoms with E-state index < -0.39 is 0 Å². The fourth-order valence-electron chi connectivity index (χ4n) is 3.83. The summed E-state index contributed by atoms with van der Waals surface area (Å²) in [5.74, 6) is 0.710. The summed E-state index contributed by atoms with van der Waals surface area (Å²) in [6.45, 7) is 7.23. The Labute approximate surface area is 134 Å². The van der Waals surface area contributed by atoms with E-state index in [1.54, 1.807) is 0 Å². The van der Waals surface area contributed by atoms with Gasteiger partial charge in [0.1, 0.15) is 0 Å². The molecule has 3 atom stereocenters. The van der Waals surface area contributed by atoms with E-state index in [1.165, 1.54) is 18.4 Å². The van der Waals surface area contributed by atoms with Crippen LogP contribution in [0.15, 0.2) is 18.2 Å². The highest BCUT2D eigenvalue weighted by atomic mass is 35.5. The maximum absolute atomic E-state index is 6.34. The predicted octanol–water partition coefficient (Wildman–Crippen LogP) is 4.89. The third-order valence-corrected chi connectivity index (χ3v) is 5.17. The van der Waals surface area contributed by atoms with E-state index in [1.807, 2.05) is 14.0 Å². The zero-order chi connectivity index (χ0) is 15.5. The number of nitrogens with one attached hydrogen (secondary N) is 1. The molecule has 1 N–H and O–H groups in total. The van der Waals surface area contributed by atoms with Crippen molar-refractivity contribution in [2.24, 2.45) is 5.92 Å². The summed E-state index contributed by atoms with van der Waals surface area (Å²) < 4.78 is 6.31. The highest BCUT2D eigenvalue weighted by Crippen LogP contribution is 2.44. The van der Waals surface area contributed by atoms with Crippen LogP contribution in [0.3, 0.4) is 0 Å². The first-order valence-electron chi connectivity index (χ1n) is 8.09. The topological polar surface area (TPSA) is 21.3 Å². The highest BCUT2D eigenvalue weighted by molar-refractivity contribution is 6.31. The van der Waals surface area contributed by atoms with Crippen LogP contribution < -0.4 is 5.32 Å². The number of halogens is 1. The van der Waals surface area contributed by atoms with Crippen molar-refractivity contribution in [2.75, 3.05) is 13.7 Å². The van der Waals surface area contributed by atoms with Gasteiger partial charge in [-0.25, -0.2) is 0 Å². The summed E-state index contributed by atoms with van der Waals surface area (Å²) in [4.78, 5) is 0. The van der Waals surface area contributed by atoms with Crippen molar-refractivity contribution in [3.05, 3.63) is 34.3 Å². The van der Waals surface area contributed by atoms with E-state index in [9.17, 15) is 0 Å². The van der Waals surface area contributed by atoms with Crippen LogP contribution in [-0.4, -0.2) is 19.3 Å². The Morgan fingerprint density at radius 2 is 2.24 bits per heavy atom. The zero-order valence-corrected chi connectivity index (χ0v) is 14.5. The molecule has 0 radical (unpaired) electrons. The van der Waals surface area contributed by atoms with Crippen molar-refractivity contribution in [2.45, 2.75) is 58.1 Å². The minimum atomic E-state index is -0.111. The van der Waals surface area contributed by atoms with Crippen LogP contribution in [0, 0.1) is 12.8 Å². The van der Waals surface area contributed by atoms with Gasteiger partial charge >= 0.3 is 0 Å². The van der Waals surface area contributed by atoms with Gasteiger partial charge in [0.15, 0.2) is 0 Å². The monoisotopic (exact) mass is 309 g/mol. The van der Waals surface area contributed by atoms with Crippen LogP contribution in [0.5, 0.6) is 0 Å². The van der Waals surface area contributed by atoms with Crippen LogP contribution in [0.1, 0.15) is 56.7 Å². The van der Waals surface area contributed by atoms with Gasteiger partial charge in [0, 0.05) is 11.6 Å². The second kappa shape index (κ2) is 7.13. The minimum Gasteiger partial charge on any atom is -0.373 e. The van der Waals surface area contributed by atoms with Gasteiger partial charge in [0.25, 0.3) is 0 Å². The van der Waals surface area contributed by atoms with Gasteiger partial charge in [0.2, 0.25) is 0 Å². The molecular formula is C18H28ClNO. The van der Waals surface area contributed by atoms with Gasteiger partial charge < -0.3 is 10.1 Å². The second-order valence-electron chi connectivity index (χ2n) is 6.43. The van der Waals surface area contributed by atoms with Gasteiger partial charge in [-0.05, 0) is 56.8 Å². The van der Waals surface area contributed by atoms with Crippen LogP contribution >= 0.6 is 11.6 Å². The highest BCUT2D eigenvalue weighted by Gasteiger charge is 2.42. The Balaban J connectivity index is 2.37. The number of hydrogen-bond donors (Lipinski definition) is 1. The molecule has 1 aromatic rings. The number of benzene rings is 1. The largest absolute Gasteiger partial charge is 0.373 e. The lowest BCUT2D eigenvalue weighted by molar-refractivity contribution is -0.100. The van der Waals surface area contributed by atoms with Gasteiger partial charge in [-0.15, -0.1) is 0 Å². The molecule has 0 amide bonds. The molecule has 0 saturated heterocycles. The molecule has 118 valence electrons. The quantitative estimate of drug-likeness (QED) is 0.835. The Morgan fingerprint density at radius 1 is 1.48 bits per heavy atom. The molecule has 1 aromatic carbocycles. The molecule has 1 aliphatic carbocycles. The first kappa shape index (κ1) is 16.8. The van der Waals surface area contributed by atoms with Crippen LogP contribution in [0.25, 0.3) is 0 Å². The smallest absolute Gasteiger partial charge is 0.0878 e. The molecule has 0 aliphatic heterocycles. The summed E-state index contributed by atoms with van der Waals surface area (Å²) in [6.07, 6.45) is 4.76. The van der Waals surface area contributed by atoms with Crippen LogP contribution in [0.4, 0.5) is 0 Å². The van der Waals surface area contributed by atoms with Crippen molar-refractivity contribution in [3.63, 3.8) is 0 Å². The molecule has 0 heterocycles. The molecule has 1 aliphatic rings. The normalized spacial score (nSPS) is 27.6.